The third-order valence-electron chi connectivity index (χ3n) is 3.77. The summed E-state index contributed by atoms with van der Waals surface area (Å²) in [5.41, 5.74) is 1.36. The van der Waals surface area contributed by atoms with Crippen LogP contribution < -0.4 is 5.32 Å². The van der Waals surface area contributed by atoms with Crippen LogP contribution in [0.5, 0.6) is 0 Å². The third kappa shape index (κ3) is 3.39. The lowest BCUT2D eigenvalue weighted by Gasteiger charge is -2.37. The molecule has 3 rings (SSSR count). The van der Waals surface area contributed by atoms with E-state index in [1.54, 1.807) is 17.5 Å². The molecule has 0 radical (unpaired) electrons. The number of rotatable bonds is 3. The maximum atomic E-state index is 12.1. The summed E-state index contributed by atoms with van der Waals surface area (Å²) in [7, 11) is 0. The Bertz CT molecular complexity index is 563. The van der Waals surface area contributed by atoms with Crippen molar-refractivity contribution in [2.24, 2.45) is 0 Å². The molecule has 1 atom stereocenters. The van der Waals surface area contributed by atoms with Crippen molar-refractivity contribution in [2.75, 3.05) is 31.5 Å². The van der Waals surface area contributed by atoms with Crippen molar-refractivity contribution < 1.29 is 4.79 Å². The Labute approximate surface area is 131 Å². The molecule has 1 saturated heterocycles. The molecule has 2 amide bonds. The number of anilines is 1. The molecule has 0 bridgehead atoms. The standard InChI is InChI=1S/C13H17N5OS2/c1-10(11-2-7-20-9-11)17-3-5-18(6-4-17)13(19)15-12-8-14-16-21-12/h2,7-10H,3-6H2,1H3,(H,15,19). The van der Waals surface area contributed by atoms with Gasteiger partial charge in [0, 0.05) is 43.8 Å². The Kier molecular flexibility index (Phi) is 4.47. The van der Waals surface area contributed by atoms with Gasteiger partial charge in [-0.3, -0.25) is 10.2 Å². The highest BCUT2D eigenvalue weighted by atomic mass is 32.1. The topological polar surface area (TPSA) is 61.4 Å². The highest BCUT2D eigenvalue weighted by molar-refractivity contribution is 7.10. The fourth-order valence-corrected chi connectivity index (χ4v) is 3.60. The first kappa shape index (κ1) is 14.4. The van der Waals surface area contributed by atoms with Gasteiger partial charge in [0.25, 0.3) is 0 Å². The van der Waals surface area contributed by atoms with Crippen molar-refractivity contribution in [3.63, 3.8) is 0 Å². The monoisotopic (exact) mass is 323 g/mol. The van der Waals surface area contributed by atoms with Gasteiger partial charge >= 0.3 is 6.03 Å². The van der Waals surface area contributed by atoms with Crippen LogP contribution in [-0.2, 0) is 0 Å². The van der Waals surface area contributed by atoms with Crippen LogP contribution in [0.2, 0.25) is 0 Å². The van der Waals surface area contributed by atoms with Crippen molar-refractivity contribution in [1.29, 1.82) is 0 Å². The SMILES string of the molecule is CC(c1ccsc1)N1CCN(C(=O)Nc2cnns2)CC1. The number of thiophene rings is 1. The lowest BCUT2D eigenvalue weighted by Crippen LogP contribution is -2.50. The van der Waals surface area contributed by atoms with Crippen LogP contribution in [0.1, 0.15) is 18.5 Å². The molecule has 2 aromatic rings. The fourth-order valence-electron chi connectivity index (χ4n) is 2.44. The van der Waals surface area contributed by atoms with Crippen molar-refractivity contribution in [2.45, 2.75) is 13.0 Å². The summed E-state index contributed by atoms with van der Waals surface area (Å²) in [6.07, 6.45) is 1.57. The number of nitrogens with zero attached hydrogens (tertiary/aromatic N) is 4. The fraction of sp³-hybridized carbons (Fsp3) is 0.462. The van der Waals surface area contributed by atoms with E-state index in [1.165, 1.54) is 17.1 Å². The molecule has 3 heterocycles. The molecule has 1 aliphatic rings. The van der Waals surface area contributed by atoms with Crippen molar-refractivity contribution >= 4 is 33.9 Å². The normalized spacial score (nSPS) is 17.7. The number of carbonyl (C=O) groups is 1. The van der Waals surface area contributed by atoms with E-state index < -0.39 is 0 Å². The van der Waals surface area contributed by atoms with Crippen molar-refractivity contribution in [1.82, 2.24) is 19.4 Å². The van der Waals surface area contributed by atoms with Crippen LogP contribution in [0, 0.1) is 0 Å². The number of urea groups is 1. The Morgan fingerprint density at radius 2 is 2.19 bits per heavy atom. The van der Waals surface area contributed by atoms with Gasteiger partial charge in [-0.05, 0) is 29.3 Å². The van der Waals surface area contributed by atoms with Crippen LogP contribution in [0.25, 0.3) is 0 Å². The zero-order chi connectivity index (χ0) is 14.7. The number of carbonyl (C=O) groups excluding carboxylic acids is 1. The summed E-state index contributed by atoms with van der Waals surface area (Å²) in [5, 5.41) is 11.5. The smallest absolute Gasteiger partial charge is 0.322 e. The molecule has 1 aliphatic heterocycles. The van der Waals surface area contributed by atoms with E-state index in [0.717, 1.165) is 26.2 Å². The number of amides is 2. The van der Waals surface area contributed by atoms with Crippen LogP contribution >= 0.6 is 22.9 Å². The van der Waals surface area contributed by atoms with Gasteiger partial charge in [0.1, 0.15) is 5.00 Å². The second-order valence-electron chi connectivity index (χ2n) is 4.97. The van der Waals surface area contributed by atoms with Crippen molar-refractivity contribution in [3.05, 3.63) is 28.6 Å². The largest absolute Gasteiger partial charge is 0.322 e. The molecule has 0 saturated carbocycles. The van der Waals surface area contributed by atoms with Gasteiger partial charge in [0.2, 0.25) is 0 Å². The molecule has 8 heteroatoms. The molecule has 0 aromatic carbocycles. The molecule has 0 aliphatic carbocycles. The molecule has 1 unspecified atom stereocenters. The molecule has 0 spiro atoms. The summed E-state index contributed by atoms with van der Waals surface area (Å²) in [5.74, 6) is 0. The first-order chi connectivity index (χ1) is 10.2. The van der Waals surface area contributed by atoms with E-state index in [9.17, 15) is 4.79 Å². The average molecular weight is 323 g/mol. The third-order valence-corrected chi connectivity index (χ3v) is 5.05. The maximum Gasteiger partial charge on any atom is 0.322 e. The molecule has 112 valence electrons. The lowest BCUT2D eigenvalue weighted by atomic mass is 10.1. The summed E-state index contributed by atoms with van der Waals surface area (Å²) in [6.45, 7) is 5.50. The number of hydrogen-bond donors (Lipinski definition) is 1. The summed E-state index contributed by atoms with van der Waals surface area (Å²) in [4.78, 5) is 16.4. The Hall–Kier alpha value is -1.51. The minimum absolute atomic E-state index is 0.0658. The van der Waals surface area contributed by atoms with Crippen LogP contribution in [0.4, 0.5) is 9.80 Å². The quantitative estimate of drug-likeness (QED) is 0.943. The predicted molar refractivity (Wildman–Crippen MR) is 84.8 cm³/mol. The van der Waals surface area contributed by atoms with E-state index >= 15 is 0 Å². The summed E-state index contributed by atoms with van der Waals surface area (Å²) in [6, 6.07) is 2.52. The van der Waals surface area contributed by atoms with E-state index in [4.69, 9.17) is 0 Å². The summed E-state index contributed by atoms with van der Waals surface area (Å²) >= 11 is 2.92. The average Bonchev–Trinajstić information content (AvgIpc) is 3.20. The van der Waals surface area contributed by atoms with Crippen LogP contribution in [0.15, 0.2) is 23.0 Å². The van der Waals surface area contributed by atoms with E-state index in [2.05, 4.69) is 43.6 Å². The summed E-state index contributed by atoms with van der Waals surface area (Å²) < 4.78 is 3.74. The zero-order valence-corrected chi connectivity index (χ0v) is 13.4. The molecular formula is C13H17N5OS2. The molecule has 1 N–H and O–H groups in total. The molecular weight excluding hydrogens is 306 g/mol. The van der Waals surface area contributed by atoms with E-state index in [1.807, 2.05) is 4.90 Å². The van der Waals surface area contributed by atoms with Gasteiger partial charge in [0.15, 0.2) is 0 Å². The van der Waals surface area contributed by atoms with Crippen LogP contribution in [-0.4, -0.2) is 51.6 Å². The highest BCUT2D eigenvalue weighted by Gasteiger charge is 2.25. The number of hydrogen-bond acceptors (Lipinski definition) is 6. The highest BCUT2D eigenvalue weighted by Crippen LogP contribution is 2.23. The van der Waals surface area contributed by atoms with Gasteiger partial charge in [-0.15, -0.1) is 5.10 Å². The molecule has 6 nitrogen and oxygen atoms in total. The minimum atomic E-state index is -0.0658. The van der Waals surface area contributed by atoms with Gasteiger partial charge in [0.05, 0.1) is 6.20 Å². The zero-order valence-electron chi connectivity index (χ0n) is 11.7. The molecule has 21 heavy (non-hydrogen) atoms. The number of aromatic nitrogens is 2. The first-order valence-electron chi connectivity index (χ1n) is 6.83. The Morgan fingerprint density at radius 1 is 1.38 bits per heavy atom. The lowest BCUT2D eigenvalue weighted by molar-refractivity contribution is 0.119. The van der Waals surface area contributed by atoms with E-state index in [0.29, 0.717) is 11.0 Å². The number of piperazine rings is 1. The first-order valence-corrected chi connectivity index (χ1v) is 8.55. The Morgan fingerprint density at radius 3 is 2.81 bits per heavy atom. The van der Waals surface area contributed by atoms with Gasteiger partial charge in [-0.25, -0.2) is 4.79 Å². The van der Waals surface area contributed by atoms with Gasteiger partial charge < -0.3 is 4.90 Å². The second kappa shape index (κ2) is 6.50. The molecule has 1 fully saturated rings. The predicted octanol–water partition coefficient (Wildman–Crippen LogP) is 2.51. The maximum absolute atomic E-state index is 12.1. The van der Waals surface area contributed by atoms with E-state index in [-0.39, 0.29) is 6.03 Å². The molecule has 2 aromatic heterocycles. The Balaban J connectivity index is 1.52. The van der Waals surface area contributed by atoms with Crippen LogP contribution in [0.3, 0.4) is 0 Å². The minimum Gasteiger partial charge on any atom is -0.322 e. The van der Waals surface area contributed by atoms with Gasteiger partial charge in [-0.1, -0.05) is 4.49 Å². The number of nitrogens with one attached hydrogen (secondary N) is 1. The van der Waals surface area contributed by atoms with Crippen molar-refractivity contribution in [3.8, 4) is 0 Å². The second-order valence-corrected chi connectivity index (χ2v) is 6.53. The van der Waals surface area contributed by atoms with Gasteiger partial charge in [-0.2, -0.15) is 11.3 Å².